The molecule has 2 atom stereocenters. The number of nitrogens with zero attached hydrogens (tertiary/aromatic N) is 1. The number of aromatic hydroxyl groups is 1. The summed E-state index contributed by atoms with van der Waals surface area (Å²) in [6, 6.07) is 7.16. The van der Waals surface area contributed by atoms with Gasteiger partial charge in [0.25, 0.3) is 0 Å². The highest BCUT2D eigenvalue weighted by atomic mass is 16.3. The van der Waals surface area contributed by atoms with Crippen LogP contribution in [0.25, 0.3) is 0 Å². The second kappa shape index (κ2) is 6.08. The fourth-order valence-corrected chi connectivity index (χ4v) is 3.22. The Morgan fingerprint density at radius 1 is 1.24 bits per heavy atom. The Bertz CT molecular complexity index is 487. The summed E-state index contributed by atoms with van der Waals surface area (Å²) in [5, 5.41) is 9.35. The molecule has 21 heavy (non-hydrogen) atoms. The molecule has 0 spiro atoms. The first-order chi connectivity index (χ1) is 9.77. The SMILES string of the molecule is CN(CC1CC(C(C)(C)C)CCC1=O)c1ccc(O)cc1. The average Bonchev–Trinajstić information content (AvgIpc) is 2.40. The summed E-state index contributed by atoms with van der Waals surface area (Å²) in [5.74, 6) is 1.42. The number of carbonyl (C=O) groups is 1. The van der Waals surface area contributed by atoms with Crippen LogP contribution in [0.15, 0.2) is 24.3 Å². The van der Waals surface area contributed by atoms with Gasteiger partial charge in [-0.3, -0.25) is 4.79 Å². The number of rotatable bonds is 3. The molecule has 1 saturated carbocycles. The third kappa shape index (κ3) is 3.99. The Labute approximate surface area is 128 Å². The van der Waals surface area contributed by atoms with E-state index >= 15 is 0 Å². The lowest BCUT2D eigenvalue weighted by atomic mass is 9.68. The van der Waals surface area contributed by atoms with E-state index in [-0.39, 0.29) is 17.1 Å². The topological polar surface area (TPSA) is 40.5 Å². The molecule has 0 aromatic heterocycles. The minimum Gasteiger partial charge on any atom is -0.508 e. The molecule has 1 fully saturated rings. The van der Waals surface area contributed by atoms with Crippen molar-refractivity contribution < 1.29 is 9.90 Å². The van der Waals surface area contributed by atoms with Crippen LogP contribution in [0, 0.1) is 17.3 Å². The molecule has 0 saturated heterocycles. The van der Waals surface area contributed by atoms with E-state index in [2.05, 4.69) is 25.7 Å². The second-order valence-electron chi connectivity index (χ2n) is 7.40. The molecule has 0 radical (unpaired) electrons. The van der Waals surface area contributed by atoms with Crippen LogP contribution in [0.5, 0.6) is 5.75 Å². The lowest BCUT2D eigenvalue weighted by Gasteiger charge is -2.38. The van der Waals surface area contributed by atoms with Gasteiger partial charge in [-0.05, 0) is 48.4 Å². The Morgan fingerprint density at radius 3 is 2.43 bits per heavy atom. The van der Waals surface area contributed by atoms with Crippen molar-refractivity contribution in [1.29, 1.82) is 0 Å². The fourth-order valence-electron chi connectivity index (χ4n) is 3.22. The monoisotopic (exact) mass is 289 g/mol. The molecule has 3 nitrogen and oxygen atoms in total. The highest BCUT2D eigenvalue weighted by Gasteiger charge is 2.35. The summed E-state index contributed by atoms with van der Waals surface area (Å²) in [7, 11) is 2.01. The summed E-state index contributed by atoms with van der Waals surface area (Å²) in [6.45, 7) is 7.58. The van der Waals surface area contributed by atoms with Crippen molar-refractivity contribution in [3.63, 3.8) is 0 Å². The number of phenolic OH excluding ortho intramolecular Hbond substituents is 1. The molecule has 0 amide bonds. The van der Waals surface area contributed by atoms with E-state index in [0.717, 1.165) is 31.5 Å². The van der Waals surface area contributed by atoms with Crippen molar-refractivity contribution in [1.82, 2.24) is 0 Å². The first kappa shape index (κ1) is 15.9. The number of hydrogen-bond acceptors (Lipinski definition) is 3. The van der Waals surface area contributed by atoms with Crippen LogP contribution in [0.3, 0.4) is 0 Å². The quantitative estimate of drug-likeness (QED) is 0.918. The Hall–Kier alpha value is -1.51. The highest BCUT2D eigenvalue weighted by molar-refractivity contribution is 5.82. The van der Waals surface area contributed by atoms with Crippen LogP contribution in [0.4, 0.5) is 5.69 Å². The number of hydrogen-bond donors (Lipinski definition) is 1. The summed E-state index contributed by atoms with van der Waals surface area (Å²) >= 11 is 0. The smallest absolute Gasteiger partial charge is 0.137 e. The maximum absolute atomic E-state index is 12.2. The zero-order chi connectivity index (χ0) is 15.6. The van der Waals surface area contributed by atoms with Gasteiger partial charge in [0.2, 0.25) is 0 Å². The summed E-state index contributed by atoms with van der Waals surface area (Å²) in [5.41, 5.74) is 1.31. The van der Waals surface area contributed by atoms with E-state index in [1.54, 1.807) is 12.1 Å². The van der Waals surface area contributed by atoms with Crippen LogP contribution in [0.1, 0.15) is 40.0 Å². The molecule has 0 bridgehead atoms. The van der Waals surface area contributed by atoms with Gasteiger partial charge >= 0.3 is 0 Å². The van der Waals surface area contributed by atoms with Crippen LogP contribution < -0.4 is 4.90 Å². The second-order valence-corrected chi connectivity index (χ2v) is 7.40. The number of phenols is 1. The molecule has 1 aliphatic carbocycles. The molecule has 0 heterocycles. The molecular weight excluding hydrogens is 262 g/mol. The first-order valence-electron chi connectivity index (χ1n) is 7.80. The van der Waals surface area contributed by atoms with Crippen molar-refractivity contribution in [2.24, 2.45) is 17.3 Å². The van der Waals surface area contributed by atoms with Crippen LogP contribution in [-0.2, 0) is 4.79 Å². The minimum atomic E-state index is 0.127. The molecule has 0 aliphatic heterocycles. The molecule has 3 heteroatoms. The van der Waals surface area contributed by atoms with Crippen molar-refractivity contribution in [3.8, 4) is 5.75 Å². The maximum atomic E-state index is 12.2. The van der Waals surface area contributed by atoms with Crippen LogP contribution in [-0.4, -0.2) is 24.5 Å². The molecule has 116 valence electrons. The van der Waals surface area contributed by atoms with Gasteiger partial charge in [0, 0.05) is 31.6 Å². The van der Waals surface area contributed by atoms with Crippen LogP contribution >= 0.6 is 0 Å². The predicted molar refractivity (Wildman–Crippen MR) is 86.7 cm³/mol. The van der Waals surface area contributed by atoms with E-state index in [1.807, 2.05) is 19.2 Å². The molecule has 1 aromatic carbocycles. The van der Waals surface area contributed by atoms with Gasteiger partial charge < -0.3 is 10.0 Å². The van der Waals surface area contributed by atoms with Crippen molar-refractivity contribution >= 4 is 11.5 Å². The number of benzene rings is 1. The number of Topliss-reactive ketones (excluding diaryl/α,β-unsaturated/α-hetero) is 1. The summed E-state index contributed by atoms with van der Waals surface area (Å²) in [6.07, 6.45) is 2.74. The van der Waals surface area contributed by atoms with Crippen molar-refractivity contribution in [2.45, 2.75) is 40.0 Å². The summed E-state index contributed by atoms with van der Waals surface area (Å²) < 4.78 is 0. The molecule has 1 N–H and O–H groups in total. The molecule has 1 aliphatic rings. The molecule has 2 unspecified atom stereocenters. The number of carbonyl (C=O) groups excluding carboxylic acids is 1. The van der Waals surface area contributed by atoms with Gasteiger partial charge in [-0.15, -0.1) is 0 Å². The molecule has 1 aromatic rings. The van der Waals surface area contributed by atoms with Crippen molar-refractivity contribution in [2.75, 3.05) is 18.5 Å². The van der Waals surface area contributed by atoms with Gasteiger partial charge in [0.1, 0.15) is 11.5 Å². The van der Waals surface area contributed by atoms with Crippen LogP contribution in [0.2, 0.25) is 0 Å². The lowest BCUT2D eigenvalue weighted by Crippen LogP contribution is -2.38. The average molecular weight is 289 g/mol. The largest absolute Gasteiger partial charge is 0.508 e. The summed E-state index contributed by atoms with van der Waals surface area (Å²) in [4.78, 5) is 14.3. The van der Waals surface area contributed by atoms with Gasteiger partial charge in [0.15, 0.2) is 0 Å². The van der Waals surface area contributed by atoms with Gasteiger partial charge in [-0.25, -0.2) is 0 Å². The van der Waals surface area contributed by atoms with E-state index in [0.29, 0.717) is 11.7 Å². The zero-order valence-corrected chi connectivity index (χ0v) is 13.6. The number of ketones is 1. The molecule has 2 rings (SSSR count). The van der Waals surface area contributed by atoms with E-state index < -0.39 is 0 Å². The number of anilines is 1. The third-order valence-electron chi connectivity index (χ3n) is 4.77. The van der Waals surface area contributed by atoms with Gasteiger partial charge in [-0.1, -0.05) is 20.8 Å². The predicted octanol–water partition coefficient (Wildman–Crippen LogP) is 3.86. The Balaban J connectivity index is 2.03. The maximum Gasteiger partial charge on any atom is 0.137 e. The minimum absolute atomic E-state index is 0.127. The normalized spacial score (nSPS) is 23.1. The lowest BCUT2D eigenvalue weighted by molar-refractivity contribution is -0.126. The fraction of sp³-hybridized carbons (Fsp3) is 0.611. The third-order valence-corrected chi connectivity index (χ3v) is 4.77. The standard InChI is InChI=1S/C18H27NO2/c1-18(2,3)14-5-10-17(21)13(11-14)12-19(4)15-6-8-16(20)9-7-15/h6-9,13-14,20H,5,10-12H2,1-4H3. The van der Waals surface area contributed by atoms with Gasteiger partial charge in [0.05, 0.1) is 0 Å². The first-order valence-corrected chi connectivity index (χ1v) is 7.80. The Morgan fingerprint density at radius 2 is 1.86 bits per heavy atom. The molecular formula is C18H27NO2. The zero-order valence-electron chi connectivity index (χ0n) is 13.6. The van der Waals surface area contributed by atoms with E-state index in [4.69, 9.17) is 0 Å². The Kier molecular flexibility index (Phi) is 4.60. The van der Waals surface area contributed by atoms with E-state index in [9.17, 15) is 9.90 Å². The van der Waals surface area contributed by atoms with Crippen molar-refractivity contribution in [3.05, 3.63) is 24.3 Å². The van der Waals surface area contributed by atoms with E-state index in [1.165, 1.54) is 0 Å². The highest BCUT2D eigenvalue weighted by Crippen LogP contribution is 2.39. The van der Waals surface area contributed by atoms with Gasteiger partial charge in [-0.2, -0.15) is 0 Å².